The molecule has 0 bridgehead atoms. The van der Waals surface area contributed by atoms with E-state index in [4.69, 9.17) is 10.5 Å². The Morgan fingerprint density at radius 3 is 2.68 bits per heavy atom. The monoisotopic (exact) mass is 508 g/mol. The molecule has 0 saturated carbocycles. The zero-order valence-corrected chi connectivity index (χ0v) is 20.5. The van der Waals surface area contributed by atoms with Crippen LogP contribution in [0.25, 0.3) is 11.1 Å². The number of alkyl halides is 1. The predicted octanol–water partition coefficient (Wildman–Crippen LogP) is 2.29. The van der Waals surface area contributed by atoms with E-state index >= 15 is 8.78 Å². The van der Waals surface area contributed by atoms with Crippen LogP contribution in [0.2, 0.25) is 0 Å². The van der Waals surface area contributed by atoms with Gasteiger partial charge in [0.1, 0.15) is 11.6 Å². The van der Waals surface area contributed by atoms with E-state index in [2.05, 4.69) is 25.4 Å². The first kappa shape index (κ1) is 23.9. The molecule has 4 N–H and O–H groups in total. The fourth-order valence-electron chi connectivity index (χ4n) is 5.31. The second-order valence-corrected chi connectivity index (χ2v) is 9.91. The first-order valence-electron chi connectivity index (χ1n) is 12.7. The van der Waals surface area contributed by atoms with Crippen molar-refractivity contribution < 1.29 is 18.3 Å². The third-order valence-electron chi connectivity index (χ3n) is 7.54. The number of allylic oxidation sites excluding steroid dienone is 1. The Morgan fingerprint density at radius 2 is 1.92 bits per heavy atom. The van der Waals surface area contributed by atoms with Crippen LogP contribution in [-0.2, 0) is 17.0 Å². The highest BCUT2D eigenvalue weighted by Gasteiger charge is 2.36. The van der Waals surface area contributed by atoms with Gasteiger partial charge in [-0.25, -0.2) is 13.8 Å². The third-order valence-corrected chi connectivity index (χ3v) is 7.54. The summed E-state index contributed by atoms with van der Waals surface area (Å²) in [4.78, 5) is 20.8. The van der Waals surface area contributed by atoms with E-state index in [1.165, 1.54) is 18.3 Å². The molecule has 1 atom stereocenters. The Kier molecular flexibility index (Phi) is 6.08. The van der Waals surface area contributed by atoms with Gasteiger partial charge in [0.25, 0.3) is 5.91 Å². The van der Waals surface area contributed by atoms with Crippen molar-refractivity contribution in [3.05, 3.63) is 70.4 Å². The van der Waals surface area contributed by atoms with Gasteiger partial charge in [-0.05, 0) is 61.8 Å². The number of fused-ring (bicyclic) bond motifs is 1. The molecule has 5 heterocycles. The van der Waals surface area contributed by atoms with Gasteiger partial charge >= 0.3 is 0 Å². The number of nitrogen functional groups attached to an aromatic ring is 1. The highest BCUT2D eigenvalue weighted by molar-refractivity contribution is 5.97. The fourth-order valence-corrected chi connectivity index (χ4v) is 5.31. The average molecular weight is 509 g/mol. The number of nitrogens with one attached hydrogen (secondary N) is 2. The van der Waals surface area contributed by atoms with E-state index in [9.17, 15) is 4.79 Å². The van der Waals surface area contributed by atoms with Crippen LogP contribution >= 0.6 is 0 Å². The molecule has 1 unspecified atom stereocenters. The van der Waals surface area contributed by atoms with Crippen LogP contribution < -0.4 is 16.4 Å². The van der Waals surface area contributed by atoms with Gasteiger partial charge in [0.15, 0.2) is 0 Å². The molecule has 2 aromatic rings. The third kappa shape index (κ3) is 4.44. The second-order valence-electron chi connectivity index (χ2n) is 9.91. The van der Waals surface area contributed by atoms with Gasteiger partial charge in [0.2, 0.25) is 5.79 Å². The van der Waals surface area contributed by atoms with Crippen molar-refractivity contribution in [2.45, 2.75) is 18.6 Å². The SMILES string of the molecule is Nc1ncc(C2(F)C=CC(N3CCOCC3)=C(CN3CCC3)N2)cc1-c1cc2c(cc1F)C(=O)NCC2. The molecule has 10 heteroatoms. The van der Waals surface area contributed by atoms with Gasteiger partial charge in [0.05, 0.1) is 24.6 Å². The van der Waals surface area contributed by atoms with Gasteiger partial charge in [-0.1, -0.05) is 0 Å². The number of carbonyl (C=O) groups excluding carboxylic acids is 1. The Balaban J connectivity index is 1.35. The molecular formula is C27H30F2N6O2. The van der Waals surface area contributed by atoms with Crippen LogP contribution in [0.5, 0.6) is 0 Å². The quantitative estimate of drug-likeness (QED) is 0.534. The molecule has 2 fully saturated rings. The predicted molar refractivity (Wildman–Crippen MR) is 136 cm³/mol. The summed E-state index contributed by atoms with van der Waals surface area (Å²) in [5.74, 6) is -2.86. The molecule has 2 saturated heterocycles. The second kappa shape index (κ2) is 9.42. The van der Waals surface area contributed by atoms with Crippen molar-refractivity contribution in [1.82, 2.24) is 25.4 Å². The van der Waals surface area contributed by atoms with Crippen LogP contribution in [0.3, 0.4) is 0 Å². The molecule has 1 aromatic heterocycles. The summed E-state index contributed by atoms with van der Waals surface area (Å²) in [5, 5.41) is 5.86. The smallest absolute Gasteiger partial charge is 0.251 e. The number of anilines is 1. The number of dihydropyridines is 1. The number of halogens is 2. The standard InChI is InChI=1S/C27H30F2N6O2/c28-22-14-19-17(3-5-31-26(19)36)12-20(22)21-13-18(15-32-25(21)30)27(29)4-2-24(35-8-10-37-11-9-35)23(33-27)16-34-6-1-7-34/h2,4,12-15,33H,1,3,5-11,16H2,(H2,30,32)(H,31,36). The maximum atomic E-state index is 16.6. The van der Waals surface area contributed by atoms with Gasteiger partial charge in [-0.2, -0.15) is 0 Å². The molecule has 4 aliphatic rings. The lowest BCUT2D eigenvalue weighted by molar-refractivity contribution is 0.0525. The molecule has 0 spiro atoms. The molecule has 4 aliphatic heterocycles. The van der Waals surface area contributed by atoms with Crippen LogP contribution in [0, 0.1) is 5.82 Å². The number of hydrogen-bond acceptors (Lipinski definition) is 7. The lowest BCUT2D eigenvalue weighted by Gasteiger charge is -2.40. The number of likely N-dealkylation sites (tertiary alicyclic amines) is 1. The Morgan fingerprint density at radius 1 is 1.11 bits per heavy atom. The first-order valence-corrected chi connectivity index (χ1v) is 12.7. The largest absolute Gasteiger partial charge is 0.383 e. The minimum absolute atomic E-state index is 0.0941. The average Bonchev–Trinajstić information content (AvgIpc) is 2.87. The van der Waals surface area contributed by atoms with Crippen molar-refractivity contribution in [3.8, 4) is 11.1 Å². The minimum atomic E-state index is -2.05. The highest BCUT2D eigenvalue weighted by Crippen LogP contribution is 2.37. The number of rotatable bonds is 5. The van der Waals surface area contributed by atoms with E-state index in [1.807, 2.05) is 6.08 Å². The number of nitrogens with zero attached hydrogens (tertiary/aromatic N) is 3. The van der Waals surface area contributed by atoms with Crippen molar-refractivity contribution in [1.29, 1.82) is 0 Å². The normalized spacial score (nSPS) is 23.8. The molecule has 1 amide bonds. The summed E-state index contributed by atoms with van der Waals surface area (Å²) < 4.78 is 37.3. The minimum Gasteiger partial charge on any atom is -0.383 e. The zero-order valence-electron chi connectivity index (χ0n) is 20.5. The maximum Gasteiger partial charge on any atom is 0.251 e. The van der Waals surface area contributed by atoms with Gasteiger partial charge in [-0.15, -0.1) is 0 Å². The first-order chi connectivity index (χ1) is 17.9. The van der Waals surface area contributed by atoms with Crippen molar-refractivity contribution in [2.75, 3.05) is 58.2 Å². The summed E-state index contributed by atoms with van der Waals surface area (Å²) in [6.45, 7) is 5.80. The van der Waals surface area contributed by atoms with E-state index in [1.54, 1.807) is 12.1 Å². The van der Waals surface area contributed by atoms with Crippen LogP contribution in [0.4, 0.5) is 14.6 Å². The van der Waals surface area contributed by atoms with E-state index in [0.717, 1.165) is 49.6 Å². The number of benzene rings is 1. The van der Waals surface area contributed by atoms with Crippen molar-refractivity contribution in [3.63, 3.8) is 0 Å². The van der Waals surface area contributed by atoms with Crippen molar-refractivity contribution >= 4 is 11.7 Å². The Bertz CT molecular complexity index is 1300. The van der Waals surface area contributed by atoms with Gasteiger partial charge in [-0.3, -0.25) is 9.69 Å². The number of carbonyl (C=O) groups is 1. The maximum absolute atomic E-state index is 16.6. The van der Waals surface area contributed by atoms with E-state index in [-0.39, 0.29) is 22.9 Å². The summed E-state index contributed by atoms with van der Waals surface area (Å²) in [6, 6.07) is 4.40. The van der Waals surface area contributed by atoms with Crippen LogP contribution in [-0.4, -0.2) is 73.2 Å². The van der Waals surface area contributed by atoms with Gasteiger partial charge in [0, 0.05) is 54.6 Å². The molecule has 194 valence electrons. The summed E-state index contributed by atoms with van der Waals surface area (Å²) >= 11 is 0. The molecule has 0 radical (unpaired) electrons. The molecular weight excluding hydrogens is 478 g/mol. The number of nitrogens with two attached hydrogens (primary N) is 1. The Labute approximate surface area is 214 Å². The zero-order chi connectivity index (χ0) is 25.6. The number of pyridine rings is 1. The fraction of sp³-hybridized carbons (Fsp3) is 0.407. The Hall–Kier alpha value is -3.50. The summed E-state index contributed by atoms with van der Waals surface area (Å²) in [7, 11) is 0. The van der Waals surface area contributed by atoms with Crippen LogP contribution in [0.1, 0.15) is 27.9 Å². The summed E-state index contributed by atoms with van der Waals surface area (Å²) in [5.41, 5.74) is 9.68. The molecule has 6 rings (SSSR count). The molecule has 1 aromatic carbocycles. The summed E-state index contributed by atoms with van der Waals surface area (Å²) in [6.07, 6.45) is 6.41. The molecule has 8 nitrogen and oxygen atoms in total. The lowest BCUT2D eigenvalue weighted by atomic mass is 9.92. The van der Waals surface area contributed by atoms with Crippen LogP contribution in [0.15, 0.2) is 47.9 Å². The highest BCUT2D eigenvalue weighted by atomic mass is 19.1. The number of hydrogen-bond donors (Lipinski definition) is 3. The van der Waals surface area contributed by atoms with Gasteiger partial charge < -0.3 is 26.0 Å². The molecule has 37 heavy (non-hydrogen) atoms. The number of aromatic nitrogens is 1. The number of amides is 1. The number of morpholine rings is 1. The van der Waals surface area contributed by atoms with Crippen molar-refractivity contribution in [2.24, 2.45) is 0 Å². The molecule has 0 aliphatic carbocycles. The van der Waals surface area contributed by atoms with E-state index in [0.29, 0.717) is 43.9 Å². The number of ether oxygens (including phenoxy) is 1. The lowest BCUT2D eigenvalue weighted by Crippen LogP contribution is -2.48. The van der Waals surface area contributed by atoms with E-state index < -0.39 is 11.6 Å². The topological polar surface area (TPSA) is 95.8 Å².